The zero-order valence-electron chi connectivity index (χ0n) is 19.0. The number of furan rings is 1. The number of rotatable bonds is 5. The van der Waals surface area contributed by atoms with Crippen LogP contribution in [0.25, 0.3) is 17.0 Å². The predicted octanol–water partition coefficient (Wildman–Crippen LogP) is 6.25. The lowest BCUT2D eigenvalue weighted by Crippen LogP contribution is -2.08. The highest BCUT2D eigenvalue weighted by molar-refractivity contribution is 6.31. The van der Waals surface area contributed by atoms with Crippen molar-refractivity contribution in [3.8, 4) is 23.0 Å². The molecule has 0 saturated carbocycles. The zero-order chi connectivity index (χ0) is 24.7. The molecular formula is C27H19ClO7. The molecule has 0 aliphatic carbocycles. The highest BCUT2D eigenvalue weighted by Gasteiger charge is 2.31. The van der Waals surface area contributed by atoms with Crippen LogP contribution < -0.4 is 18.9 Å². The summed E-state index contributed by atoms with van der Waals surface area (Å²) in [6.45, 7) is 1.71. The number of fused-ring (bicyclic) bond motifs is 2. The van der Waals surface area contributed by atoms with Gasteiger partial charge in [0, 0.05) is 16.0 Å². The Labute approximate surface area is 205 Å². The highest BCUT2D eigenvalue weighted by atomic mass is 35.5. The van der Waals surface area contributed by atoms with E-state index in [-0.39, 0.29) is 23.1 Å². The molecule has 0 saturated heterocycles. The predicted molar refractivity (Wildman–Crippen MR) is 130 cm³/mol. The van der Waals surface area contributed by atoms with Gasteiger partial charge in [0.1, 0.15) is 17.1 Å². The molecule has 176 valence electrons. The minimum absolute atomic E-state index is 0.0354. The van der Waals surface area contributed by atoms with E-state index in [2.05, 4.69) is 0 Å². The number of esters is 1. The largest absolute Gasteiger partial charge is 0.493 e. The summed E-state index contributed by atoms with van der Waals surface area (Å²) in [4.78, 5) is 25.6. The van der Waals surface area contributed by atoms with Crippen LogP contribution in [0.15, 0.2) is 64.8 Å². The quantitative estimate of drug-likeness (QED) is 0.186. The van der Waals surface area contributed by atoms with Crippen LogP contribution in [0.4, 0.5) is 0 Å². The second kappa shape index (κ2) is 8.85. The van der Waals surface area contributed by atoms with E-state index in [1.165, 1.54) is 7.11 Å². The smallest absolute Gasteiger partial charge is 0.379 e. The van der Waals surface area contributed by atoms with Gasteiger partial charge < -0.3 is 23.4 Å². The van der Waals surface area contributed by atoms with Crippen LogP contribution >= 0.6 is 11.6 Å². The molecule has 5 rings (SSSR count). The summed E-state index contributed by atoms with van der Waals surface area (Å²) in [7, 11) is 3.09. The van der Waals surface area contributed by atoms with Gasteiger partial charge in [-0.25, -0.2) is 4.79 Å². The van der Waals surface area contributed by atoms with Gasteiger partial charge in [-0.3, -0.25) is 4.79 Å². The SMILES string of the molecule is COc1ccc(/C=C2\Oc3c(ccc(OC(=O)c4cc5cc(Cl)ccc5o4)c3C)C2=O)cc1OC. The van der Waals surface area contributed by atoms with Crippen molar-refractivity contribution in [3.63, 3.8) is 0 Å². The molecule has 8 heteroatoms. The van der Waals surface area contributed by atoms with Crippen molar-refractivity contribution in [1.82, 2.24) is 0 Å². The molecule has 0 N–H and O–H groups in total. The number of hydrogen-bond acceptors (Lipinski definition) is 7. The molecule has 3 aromatic carbocycles. The summed E-state index contributed by atoms with van der Waals surface area (Å²) in [6.07, 6.45) is 1.62. The van der Waals surface area contributed by atoms with Gasteiger partial charge in [-0.15, -0.1) is 0 Å². The number of carbonyl (C=O) groups is 2. The first-order valence-electron chi connectivity index (χ1n) is 10.6. The number of hydrogen-bond donors (Lipinski definition) is 0. The van der Waals surface area contributed by atoms with Gasteiger partial charge in [-0.2, -0.15) is 0 Å². The van der Waals surface area contributed by atoms with Gasteiger partial charge in [0.05, 0.1) is 19.8 Å². The monoisotopic (exact) mass is 490 g/mol. The number of ketones is 1. The molecule has 1 aliphatic rings. The molecule has 0 atom stereocenters. The molecule has 7 nitrogen and oxygen atoms in total. The van der Waals surface area contributed by atoms with Crippen LogP contribution in [0.3, 0.4) is 0 Å². The van der Waals surface area contributed by atoms with Crippen LogP contribution in [0.5, 0.6) is 23.0 Å². The first-order chi connectivity index (χ1) is 16.9. The molecule has 0 fully saturated rings. The van der Waals surface area contributed by atoms with Crippen molar-refractivity contribution in [2.24, 2.45) is 0 Å². The lowest BCUT2D eigenvalue weighted by Gasteiger charge is -2.09. The maximum atomic E-state index is 12.9. The Morgan fingerprint density at radius 3 is 2.49 bits per heavy atom. The average molecular weight is 491 g/mol. The number of Topliss-reactive ketones (excluding diaryl/α,β-unsaturated/α-hetero) is 1. The van der Waals surface area contributed by atoms with Gasteiger partial charge in [0.2, 0.25) is 11.5 Å². The zero-order valence-corrected chi connectivity index (χ0v) is 19.8. The molecule has 0 unspecified atom stereocenters. The second-order valence-corrected chi connectivity index (χ2v) is 8.24. The summed E-state index contributed by atoms with van der Waals surface area (Å²) in [5.74, 6) is 0.933. The normalized spacial score (nSPS) is 13.6. The molecule has 2 heterocycles. The molecular weight excluding hydrogens is 472 g/mol. The molecule has 4 aromatic rings. The fourth-order valence-electron chi connectivity index (χ4n) is 3.84. The lowest BCUT2D eigenvalue weighted by molar-refractivity contribution is 0.0702. The Kier molecular flexibility index (Phi) is 5.70. The fourth-order valence-corrected chi connectivity index (χ4v) is 4.02. The van der Waals surface area contributed by atoms with Crippen molar-refractivity contribution in [1.29, 1.82) is 0 Å². The van der Waals surface area contributed by atoms with Crippen LogP contribution in [0.2, 0.25) is 5.02 Å². The Hall–Kier alpha value is -4.23. The fraction of sp³-hybridized carbons (Fsp3) is 0.111. The van der Waals surface area contributed by atoms with Crippen LogP contribution in [0, 0.1) is 6.92 Å². The first-order valence-corrected chi connectivity index (χ1v) is 11.0. The summed E-state index contributed by atoms with van der Waals surface area (Å²) in [6, 6.07) is 15.0. The topological polar surface area (TPSA) is 84.2 Å². The van der Waals surface area contributed by atoms with E-state index in [0.29, 0.717) is 49.9 Å². The Morgan fingerprint density at radius 2 is 1.71 bits per heavy atom. The van der Waals surface area contributed by atoms with Gasteiger partial charge in [-0.05, 0) is 67.1 Å². The first kappa shape index (κ1) is 22.6. The van der Waals surface area contributed by atoms with E-state index in [1.807, 2.05) is 0 Å². The third-order valence-electron chi connectivity index (χ3n) is 5.62. The number of methoxy groups -OCH3 is 2. The number of allylic oxidation sites excluding steroid dienone is 1. The van der Waals surface area contributed by atoms with E-state index >= 15 is 0 Å². The summed E-state index contributed by atoms with van der Waals surface area (Å²) < 4.78 is 27.6. The van der Waals surface area contributed by atoms with Gasteiger partial charge >= 0.3 is 5.97 Å². The second-order valence-electron chi connectivity index (χ2n) is 7.80. The molecule has 0 amide bonds. The number of benzene rings is 3. The number of halogens is 1. The average Bonchev–Trinajstić information content (AvgIpc) is 3.42. The van der Waals surface area contributed by atoms with Crippen molar-refractivity contribution in [2.45, 2.75) is 6.92 Å². The maximum Gasteiger partial charge on any atom is 0.379 e. The minimum atomic E-state index is -0.675. The van der Waals surface area contributed by atoms with Crippen molar-refractivity contribution in [2.75, 3.05) is 14.2 Å². The molecule has 1 aromatic heterocycles. The van der Waals surface area contributed by atoms with E-state index in [1.54, 1.807) is 74.7 Å². The standard InChI is InChI=1S/C27H19ClO7/c1-14-19(35-27(30)24-13-16-12-17(28)5-8-20(16)33-24)9-6-18-25(29)23(34-26(14)18)11-15-4-7-21(31-2)22(10-15)32-3/h4-13H,1-3H3/b23-11-. The van der Waals surface area contributed by atoms with Crippen molar-refractivity contribution < 1.29 is 33.0 Å². The third-order valence-corrected chi connectivity index (χ3v) is 5.86. The van der Waals surface area contributed by atoms with Gasteiger partial charge in [0.25, 0.3) is 0 Å². The van der Waals surface area contributed by atoms with Crippen molar-refractivity contribution >= 4 is 40.4 Å². The van der Waals surface area contributed by atoms with Crippen molar-refractivity contribution in [3.05, 3.63) is 87.8 Å². The van der Waals surface area contributed by atoms with E-state index in [9.17, 15) is 9.59 Å². The van der Waals surface area contributed by atoms with E-state index < -0.39 is 5.97 Å². The molecule has 0 spiro atoms. The lowest BCUT2D eigenvalue weighted by atomic mass is 10.1. The minimum Gasteiger partial charge on any atom is -0.493 e. The Morgan fingerprint density at radius 1 is 0.943 bits per heavy atom. The summed E-state index contributed by atoms with van der Waals surface area (Å²) >= 11 is 6.00. The molecule has 0 radical (unpaired) electrons. The van der Waals surface area contributed by atoms with Gasteiger partial charge in [-0.1, -0.05) is 17.7 Å². The van der Waals surface area contributed by atoms with E-state index in [4.69, 9.17) is 35.0 Å². The van der Waals surface area contributed by atoms with Crippen LogP contribution in [-0.4, -0.2) is 26.0 Å². The van der Waals surface area contributed by atoms with E-state index in [0.717, 1.165) is 0 Å². The molecule has 35 heavy (non-hydrogen) atoms. The molecule has 1 aliphatic heterocycles. The number of carbonyl (C=O) groups excluding carboxylic acids is 2. The third kappa shape index (κ3) is 4.11. The number of ether oxygens (including phenoxy) is 4. The molecule has 0 bridgehead atoms. The highest BCUT2D eigenvalue weighted by Crippen LogP contribution is 2.40. The van der Waals surface area contributed by atoms with Crippen LogP contribution in [-0.2, 0) is 0 Å². The maximum absolute atomic E-state index is 12.9. The Balaban J connectivity index is 1.40. The summed E-state index contributed by atoms with van der Waals surface area (Å²) in [5, 5.41) is 1.22. The van der Waals surface area contributed by atoms with Crippen LogP contribution in [0.1, 0.15) is 32.0 Å². The Bertz CT molecular complexity index is 1530. The van der Waals surface area contributed by atoms with Gasteiger partial charge in [0.15, 0.2) is 17.3 Å². The summed E-state index contributed by atoms with van der Waals surface area (Å²) in [5.41, 5.74) is 2.12.